The lowest BCUT2D eigenvalue weighted by molar-refractivity contribution is 0.478. The molecule has 0 heterocycles. The standard InChI is InChI=1S/C19H25NO/c1-13(2)20-12-17-7-9-19(16(5)10-17)21-18-8-6-14(3)15(4)11-18/h6-11,13,20H,12H2,1-5H3. The van der Waals surface area contributed by atoms with E-state index in [-0.39, 0.29) is 0 Å². The maximum atomic E-state index is 6.01. The van der Waals surface area contributed by atoms with E-state index in [9.17, 15) is 0 Å². The molecule has 0 amide bonds. The highest BCUT2D eigenvalue weighted by Gasteiger charge is 2.04. The molecule has 0 aliphatic carbocycles. The molecule has 0 bridgehead atoms. The van der Waals surface area contributed by atoms with Gasteiger partial charge in [-0.15, -0.1) is 0 Å². The number of ether oxygens (including phenoxy) is 1. The van der Waals surface area contributed by atoms with Crippen molar-refractivity contribution in [2.75, 3.05) is 0 Å². The summed E-state index contributed by atoms with van der Waals surface area (Å²) in [5.41, 5.74) is 4.99. The van der Waals surface area contributed by atoms with E-state index in [0.29, 0.717) is 6.04 Å². The molecular weight excluding hydrogens is 258 g/mol. The van der Waals surface area contributed by atoms with Crippen LogP contribution in [0.2, 0.25) is 0 Å². The van der Waals surface area contributed by atoms with Crippen LogP contribution in [0.5, 0.6) is 11.5 Å². The summed E-state index contributed by atoms with van der Waals surface area (Å²) in [4.78, 5) is 0. The second-order valence-electron chi connectivity index (χ2n) is 5.98. The number of nitrogens with one attached hydrogen (secondary N) is 1. The Kier molecular flexibility index (Phi) is 5.03. The lowest BCUT2D eigenvalue weighted by Gasteiger charge is -2.13. The number of benzene rings is 2. The zero-order valence-corrected chi connectivity index (χ0v) is 13.7. The van der Waals surface area contributed by atoms with Crippen molar-refractivity contribution in [3.8, 4) is 11.5 Å². The highest BCUT2D eigenvalue weighted by molar-refractivity contribution is 5.41. The van der Waals surface area contributed by atoms with Crippen LogP contribution in [0, 0.1) is 20.8 Å². The molecule has 2 heteroatoms. The van der Waals surface area contributed by atoms with Gasteiger partial charge in [-0.1, -0.05) is 32.0 Å². The van der Waals surface area contributed by atoms with Crippen molar-refractivity contribution in [1.82, 2.24) is 5.32 Å². The SMILES string of the molecule is Cc1ccc(Oc2ccc(CNC(C)C)cc2C)cc1C. The van der Waals surface area contributed by atoms with Crippen LogP contribution in [-0.2, 0) is 6.54 Å². The molecule has 0 saturated carbocycles. The Bertz CT molecular complexity index is 617. The van der Waals surface area contributed by atoms with Crippen LogP contribution in [0.3, 0.4) is 0 Å². The summed E-state index contributed by atoms with van der Waals surface area (Å²) in [6.45, 7) is 11.5. The van der Waals surface area contributed by atoms with E-state index < -0.39 is 0 Å². The first-order valence-corrected chi connectivity index (χ1v) is 7.53. The summed E-state index contributed by atoms with van der Waals surface area (Å²) in [6.07, 6.45) is 0. The van der Waals surface area contributed by atoms with E-state index in [2.05, 4.69) is 70.3 Å². The number of aryl methyl sites for hydroxylation is 3. The third-order valence-electron chi connectivity index (χ3n) is 3.66. The number of hydrogen-bond donors (Lipinski definition) is 1. The molecule has 0 spiro atoms. The maximum absolute atomic E-state index is 6.01. The van der Waals surface area contributed by atoms with Crippen LogP contribution in [0.15, 0.2) is 36.4 Å². The van der Waals surface area contributed by atoms with Gasteiger partial charge in [0.2, 0.25) is 0 Å². The fourth-order valence-corrected chi connectivity index (χ4v) is 2.16. The highest BCUT2D eigenvalue weighted by atomic mass is 16.5. The molecule has 0 radical (unpaired) electrons. The van der Waals surface area contributed by atoms with Crippen LogP contribution in [0.1, 0.15) is 36.1 Å². The Labute approximate surface area is 128 Å². The molecule has 0 aliphatic rings. The molecule has 1 N–H and O–H groups in total. The van der Waals surface area contributed by atoms with Crippen molar-refractivity contribution < 1.29 is 4.74 Å². The van der Waals surface area contributed by atoms with Gasteiger partial charge in [-0.2, -0.15) is 0 Å². The summed E-state index contributed by atoms with van der Waals surface area (Å²) in [6, 6.07) is 13.1. The zero-order valence-electron chi connectivity index (χ0n) is 13.7. The first kappa shape index (κ1) is 15.6. The van der Waals surface area contributed by atoms with Gasteiger partial charge in [0.15, 0.2) is 0 Å². The molecule has 2 rings (SSSR count). The summed E-state index contributed by atoms with van der Waals surface area (Å²) < 4.78 is 6.01. The second-order valence-corrected chi connectivity index (χ2v) is 5.98. The molecule has 0 saturated heterocycles. The molecular formula is C19H25NO. The molecule has 0 fully saturated rings. The Hall–Kier alpha value is -1.80. The van der Waals surface area contributed by atoms with Gasteiger partial charge in [0.25, 0.3) is 0 Å². The Morgan fingerprint density at radius 3 is 2.29 bits per heavy atom. The van der Waals surface area contributed by atoms with E-state index >= 15 is 0 Å². The van der Waals surface area contributed by atoms with Crippen molar-refractivity contribution in [2.45, 2.75) is 47.2 Å². The van der Waals surface area contributed by atoms with Gasteiger partial charge in [-0.05, 0) is 61.2 Å². The van der Waals surface area contributed by atoms with Crippen molar-refractivity contribution in [1.29, 1.82) is 0 Å². The zero-order chi connectivity index (χ0) is 15.4. The largest absolute Gasteiger partial charge is 0.457 e. The fourth-order valence-electron chi connectivity index (χ4n) is 2.16. The van der Waals surface area contributed by atoms with Crippen molar-refractivity contribution in [2.24, 2.45) is 0 Å². The normalized spacial score (nSPS) is 11.0. The molecule has 112 valence electrons. The summed E-state index contributed by atoms with van der Waals surface area (Å²) in [5.74, 6) is 1.82. The first-order chi connectivity index (χ1) is 9.95. The van der Waals surface area contributed by atoms with Gasteiger partial charge < -0.3 is 10.1 Å². The quantitative estimate of drug-likeness (QED) is 0.842. The molecule has 0 aromatic heterocycles. The van der Waals surface area contributed by atoms with Gasteiger partial charge in [0.1, 0.15) is 11.5 Å². The van der Waals surface area contributed by atoms with Gasteiger partial charge in [0.05, 0.1) is 0 Å². The molecule has 2 aromatic rings. The number of rotatable bonds is 5. The third-order valence-corrected chi connectivity index (χ3v) is 3.66. The minimum Gasteiger partial charge on any atom is -0.457 e. The predicted octanol–water partition coefficient (Wildman–Crippen LogP) is 4.90. The Balaban J connectivity index is 2.11. The van der Waals surface area contributed by atoms with E-state index in [1.807, 2.05) is 6.07 Å². The van der Waals surface area contributed by atoms with E-state index in [4.69, 9.17) is 4.74 Å². The first-order valence-electron chi connectivity index (χ1n) is 7.53. The summed E-state index contributed by atoms with van der Waals surface area (Å²) in [5, 5.41) is 3.43. The summed E-state index contributed by atoms with van der Waals surface area (Å²) >= 11 is 0. The Morgan fingerprint density at radius 1 is 0.905 bits per heavy atom. The van der Waals surface area contributed by atoms with Crippen molar-refractivity contribution in [3.63, 3.8) is 0 Å². The van der Waals surface area contributed by atoms with E-state index in [1.54, 1.807) is 0 Å². The smallest absolute Gasteiger partial charge is 0.130 e. The van der Waals surface area contributed by atoms with Gasteiger partial charge in [-0.25, -0.2) is 0 Å². The third kappa shape index (κ3) is 4.33. The predicted molar refractivity (Wildman–Crippen MR) is 89.1 cm³/mol. The average molecular weight is 283 g/mol. The minimum absolute atomic E-state index is 0.497. The van der Waals surface area contributed by atoms with Gasteiger partial charge in [0, 0.05) is 12.6 Å². The van der Waals surface area contributed by atoms with E-state index in [1.165, 1.54) is 16.7 Å². The van der Waals surface area contributed by atoms with Crippen LogP contribution < -0.4 is 10.1 Å². The van der Waals surface area contributed by atoms with Crippen LogP contribution in [0.4, 0.5) is 0 Å². The van der Waals surface area contributed by atoms with Crippen molar-refractivity contribution in [3.05, 3.63) is 58.7 Å². The number of hydrogen-bond acceptors (Lipinski definition) is 2. The average Bonchev–Trinajstić information content (AvgIpc) is 2.43. The fraction of sp³-hybridized carbons (Fsp3) is 0.368. The van der Waals surface area contributed by atoms with Crippen molar-refractivity contribution >= 4 is 0 Å². The lowest BCUT2D eigenvalue weighted by atomic mass is 10.1. The Morgan fingerprint density at radius 2 is 1.67 bits per heavy atom. The summed E-state index contributed by atoms with van der Waals surface area (Å²) in [7, 11) is 0. The van der Waals surface area contributed by atoms with E-state index in [0.717, 1.165) is 23.6 Å². The maximum Gasteiger partial charge on any atom is 0.130 e. The monoisotopic (exact) mass is 283 g/mol. The topological polar surface area (TPSA) is 21.3 Å². The minimum atomic E-state index is 0.497. The molecule has 0 aliphatic heterocycles. The second kappa shape index (κ2) is 6.77. The lowest BCUT2D eigenvalue weighted by Crippen LogP contribution is -2.21. The van der Waals surface area contributed by atoms with Crippen LogP contribution >= 0.6 is 0 Å². The van der Waals surface area contributed by atoms with Crippen LogP contribution in [0.25, 0.3) is 0 Å². The highest BCUT2D eigenvalue weighted by Crippen LogP contribution is 2.27. The molecule has 2 nitrogen and oxygen atoms in total. The van der Waals surface area contributed by atoms with Crippen LogP contribution in [-0.4, -0.2) is 6.04 Å². The molecule has 21 heavy (non-hydrogen) atoms. The molecule has 0 atom stereocenters. The van der Waals surface area contributed by atoms with Gasteiger partial charge in [-0.3, -0.25) is 0 Å². The molecule has 0 unspecified atom stereocenters. The molecule has 2 aromatic carbocycles. The van der Waals surface area contributed by atoms with Gasteiger partial charge >= 0.3 is 0 Å².